The quantitative estimate of drug-likeness (QED) is 0.384. The van der Waals surface area contributed by atoms with Gasteiger partial charge < -0.3 is 14.4 Å². The molecule has 0 radical (unpaired) electrons. The molecule has 0 unspecified atom stereocenters. The van der Waals surface area contributed by atoms with Crippen LogP contribution in [0.2, 0.25) is 0 Å². The van der Waals surface area contributed by atoms with Crippen molar-refractivity contribution in [3.05, 3.63) is 65.9 Å². The summed E-state index contributed by atoms with van der Waals surface area (Å²) in [6.45, 7) is 29.3. The molecule has 0 saturated carbocycles. The highest BCUT2D eigenvalue weighted by Gasteiger charge is 2.41. The van der Waals surface area contributed by atoms with Gasteiger partial charge >= 0.3 is 0 Å². The lowest BCUT2D eigenvalue weighted by molar-refractivity contribution is -0.0715. The molecule has 0 bridgehead atoms. The summed E-state index contributed by atoms with van der Waals surface area (Å²) in [5.74, 6) is 1.59. The maximum absolute atomic E-state index is 6.25. The van der Waals surface area contributed by atoms with Crippen LogP contribution in [0.25, 0.3) is 10.5 Å². The Morgan fingerprint density at radius 2 is 1.73 bits per heavy atom. The van der Waals surface area contributed by atoms with Gasteiger partial charge in [-0.15, -0.1) is 0 Å². The van der Waals surface area contributed by atoms with Crippen LogP contribution in [-0.4, -0.2) is 30.2 Å². The van der Waals surface area contributed by atoms with Crippen molar-refractivity contribution in [3.8, 4) is 5.75 Å². The summed E-state index contributed by atoms with van der Waals surface area (Å²) in [6.07, 6.45) is 2.09. The van der Waals surface area contributed by atoms with Crippen LogP contribution in [0.3, 0.4) is 0 Å². The van der Waals surface area contributed by atoms with E-state index in [-0.39, 0.29) is 11.0 Å². The van der Waals surface area contributed by atoms with Crippen molar-refractivity contribution in [1.82, 2.24) is 4.90 Å². The Morgan fingerprint density at radius 3 is 2.27 bits per heavy atom. The molecular formula is C26H37NO2S. The van der Waals surface area contributed by atoms with Gasteiger partial charge in [0.1, 0.15) is 11.4 Å². The molecule has 1 aliphatic heterocycles. The van der Waals surface area contributed by atoms with E-state index in [2.05, 4.69) is 62.8 Å². The summed E-state index contributed by atoms with van der Waals surface area (Å²) < 4.78 is 12.1. The second-order valence-corrected chi connectivity index (χ2v) is 10.9. The maximum atomic E-state index is 6.25. The molecule has 0 atom stereocenters. The van der Waals surface area contributed by atoms with E-state index in [0.717, 1.165) is 46.3 Å². The zero-order valence-electron chi connectivity index (χ0n) is 19.7. The molecule has 30 heavy (non-hydrogen) atoms. The number of allylic oxidation sites excluding steroid dienone is 3. The van der Waals surface area contributed by atoms with Gasteiger partial charge in [-0.05, 0) is 82.4 Å². The van der Waals surface area contributed by atoms with E-state index in [0.29, 0.717) is 6.61 Å². The predicted octanol–water partition coefficient (Wildman–Crippen LogP) is 7.33. The molecule has 0 N–H and O–H groups in total. The number of nitrogens with zero attached hydrogens (tertiary/aromatic N) is 1. The van der Waals surface area contributed by atoms with E-state index in [1.807, 2.05) is 34.6 Å². The third kappa shape index (κ3) is 6.73. The van der Waals surface area contributed by atoms with Crippen LogP contribution in [0.1, 0.15) is 59.6 Å². The largest absolute Gasteiger partial charge is 0.493 e. The van der Waals surface area contributed by atoms with Crippen LogP contribution in [0, 0.1) is 5.41 Å². The summed E-state index contributed by atoms with van der Waals surface area (Å²) in [6, 6.07) is 6.27. The number of thioether (sulfide) groups is 1. The van der Waals surface area contributed by atoms with Crippen LogP contribution in [0.4, 0.5) is 0 Å². The average molecular weight is 428 g/mol. The molecule has 1 saturated heterocycles. The first kappa shape index (κ1) is 24.2. The van der Waals surface area contributed by atoms with E-state index in [1.165, 1.54) is 4.91 Å². The highest BCUT2D eigenvalue weighted by Crippen LogP contribution is 2.37. The molecule has 0 aromatic heterocycles. The van der Waals surface area contributed by atoms with Crippen molar-refractivity contribution in [2.75, 3.05) is 19.7 Å². The first-order valence-corrected chi connectivity index (χ1v) is 11.2. The Hall–Kier alpha value is -2.07. The van der Waals surface area contributed by atoms with E-state index >= 15 is 0 Å². The van der Waals surface area contributed by atoms with Gasteiger partial charge in [-0.3, -0.25) is 0 Å². The molecule has 2 rings (SSSR count). The first-order chi connectivity index (χ1) is 13.8. The molecule has 0 spiro atoms. The molecule has 3 nitrogen and oxygen atoms in total. The minimum absolute atomic E-state index is 0.0663. The van der Waals surface area contributed by atoms with Crippen molar-refractivity contribution in [3.63, 3.8) is 0 Å². The molecule has 4 heteroatoms. The van der Waals surface area contributed by atoms with Crippen LogP contribution in [0.5, 0.6) is 5.75 Å². The molecule has 0 amide bonds. The van der Waals surface area contributed by atoms with Gasteiger partial charge in [0, 0.05) is 23.4 Å². The van der Waals surface area contributed by atoms with Gasteiger partial charge in [0.25, 0.3) is 0 Å². The minimum Gasteiger partial charge on any atom is -0.493 e. The van der Waals surface area contributed by atoms with Gasteiger partial charge in [0.2, 0.25) is 0 Å². The Bertz CT molecular complexity index is 854. The highest BCUT2D eigenvalue weighted by atomic mass is 32.2. The van der Waals surface area contributed by atoms with Crippen LogP contribution < -0.4 is 4.74 Å². The van der Waals surface area contributed by atoms with Gasteiger partial charge in [0.15, 0.2) is 5.88 Å². The topological polar surface area (TPSA) is 21.7 Å². The number of rotatable bonds is 9. The SMILES string of the molecule is C=C(C)c1cc(OCC2(C)CN(C(=C)OC(C)(C)C)C2)cc(C(=C)S/C(C)=C\C)c1. The zero-order valence-corrected chi connectivity index (χ0v) is 20.5. The van der Waals surface area contributed by atoms with Crippen molar-refractivity contribution >= 4 is 22.2 Å². The minimum atomic E-state index is -0.231. The number of benzene rings is 1. The van der Waals surface area contributed by atoms with Crippen molar-refractivity contribution in [1.29, 1.82) is 0 Å². The molecule has 1 aliphatic rings. The summed E-state index contributed by atoms with van der Waals surface area (Å²) in [4.78, 5) is 4.40. The Balaban J connectivity index is 2.05. The fourth-order valence-electron chi connectivity index (χ4n) is 3.22. The normalized spacial score (nSPS) is 16.0. The summed E-state index contributed by atoms with van der Waals surface area (Å²) >= 11 is 1.68. The van der Waals surface area contributed by atoms with Gasteiger partial charge in [-0.25, -0.2) is 0 Å². The van der Waals surface area contributed by atoms with Crippen molar-refractivity contribution in [2.24, 2.45) is 5.41 Å². The fraction of sp³-hybridized carbons (Fsp3) is 0.462. The van der Waals surface area contributed by atoms with E-state index in [4.69, 9.17) is 9.47 Å². The second-order valence-electron chi connectivity index (χ2n) is 9.51. The predicted molar refractivity (Wildman–Crippen MR) is 132 cm³/mol. The van der Waals surface area contributed by atoms with E-state index in [9.17, 15) is 0 Å². The molecule has 1 aromatic carbocycles. The van der Waals surface area contributed by atoms with E-state index < -0.39 is 0 Å². The maximum Gasteiger partial charge on any atom is 0.182 e. The van der Waals surface area contributed by atoms with Crippen LogP contribution >= 0.6 is 11.8 Å². The lowest BCUT2D eigenvalue weighted by Gasteiger charge is -2.49. The van der Waals surface area contributed by atoms with Crippen molar-refractivity contribution in [2.45, 2.75) is 54.1 Å². The Morgan fingerprint density at radius 1 is 1.13 bits per heavy atom. The van der Waals surface area contributed by atoms with Crippen molar-refractivity contribution < 1.29 is 9.47 Å². The number of ether oxygens (including phenoxy) is 2. The number of hydrogen-bond donors (Lipinski definition) is 0. The van der Waals surface area contributed by atoms with Crippen LogP contribution in [0.15, 0.2) is 54.8 Å². The third-order valence-corrected chi connectivity index (χ3v) is 5.96. The Kier molecular flexibility index (Phi) is 7.57. The number of hydrogen-bond acceptors (Lipinski definition) is 4. The summed E-state index contributed by atoms with van der Waals surface area (Å²) in [5.41, 5.74) is 3.00. The third-order valence-electron chi connectivity index (χ3n) is 4.92. The Labute approximate surface area is 187 Å². The fourth-order valence-corrected chi connectivity index (χ4v) is 3.96. The van der Waals surface area contributed by atoms with Gasteiger partial charge in [-0.1, -0.05) is 43.5 Å². The molecule has 1 fully saturated rings. The lowest BCUT2D eigenvalue weighted by atomic mass is 9.83. The summed E-state index contributed by atoms with van der Waals surface area (Å²) in [7, 11) is 0. The average Bonchev–Trinajstić information content (AvgIpc) is 2.62. The lowest BCUT2D eigenvalue weighted by Crippen LogP contribution is -2.57. The highest BCUT2D eigenvalue weighted by molar-refractivity contribution is 8.11. The smallest absolute Gasteiger partial charge is 0.182 e. The molecule has 1 aromatic rings. The molecule has 0 aliphatic carbocycles. The first-order valence-electron chi connectivity index (χ1n) is 10.4. The number of likely N-dealkylation sites (tertiary alicyclic amines) is 1. The molecule has 164 valence electrons. The van der Waals surface area contributed by atoms with Crippen LogP contribution in [-0.2, 0) is 4.74 Å². The van der Waals surface area contributed by atoms with E-state index in [1.54, 1.807) is 11.8 Å². The standard InChI is InChI=1S/C26H37NO2S/c1-11-19(4)30-20(5)23-12-22(18(2)3)13-24(14-23)28-17-26(10)15-27(16-26)21(6)29-25(7,8)9/h11-14H,2,5-6,15-17H2,1,3-4,7-10H3/b19-11-. The summed E-state index contributed by atoms with van der Waals surface area (Å²) in [5, 5.41) is 0. The zero-order chi connectivity index (χ0) is 22.7. The monoisotopic (exact) mass is 427 g/mol. The molecule has 1 heterocycles. The second kappa shape index (κ2) is 9.38. The van der Waals surface area contributed by atoms with Gasteiger partial charge in [0.05, 0.1) is 6.61 Å². The van der Waals surface area contributed by atoms with Gasteiger partial charge in [-0.2, -0.15) is 0 Å². The molecular weight excluding hydrogens is 390 g/mol.